The summed E-state index contributed by atoms with van der Waals surface area (Å²) in [6.07, 6.45) is 8.33. The average molecular weight is 266 g/mol. The van der Waals surface area contributed by atoms with E-state index in [4.69, 9.17) is 11.5 Å². The van der Waals surface area contributed by atoms with Crippen molar-refractivity contribution < 1.29 is 14.7 Å². The third kappa shape index (κ3) is 4.82. The van der Waals surface area contributed by atoms with E-state index in [9.17, 15) is 9.59 Å². The van der Waals surface area contributed by atoms with Crippen LogP contribution in [0, 0.1) is 24.2 Å². The highest BCUT2D eigenvalue weighted by Crippen LogP contribution is 2.28. The molecule has 1 aliphatic rings. The Kier molecular flexibility index (Phi) is 6.20. The summed E-state index contributed by atoms with van der Waals surface area (Å²) in [7, 11) is 0. The summed E-state index contributed by atoms with van der Waals surface area (Å²) >= 11 is 0. The van der Waals surface area contributed by atoms with Gasteiger partial charge in [-0.3, -0.25) is 4.79 Å². The molecule has 5 nitrogen and oxygen atoms in total. The molecule has 0 saturated heterocycles. The molecule has 19 heavy (non-hydrogen) atoms. The molecular weight excluding hydrogens is 244 g/mol. The van der Waals surface area contributed by atoms with Crippen LogP contribution >= 0.6 is 0 Å². The topological polar surface area (TPSA) is 69.6 Å². The van der Waals surface area contributed by atoms with Gasteiger partial charge in [0.25, 0.3) is 0 Å². The molecule has 0 aromatic rings. The largest absolute Gasteiger partial charge is 0.481 e. The molecule has 0 aliphatic heterocycles. The van der Waals surface area contributed by atoms with Gasteiger partial charge in [-0.15, -0.1) is 6.42 Å². The third-order valence-electron chi connectivity index (χ3n) is 3.69. The van der Waals surface area contributed by atoms with E-state index in [-0.39, 0.29) is 11.9 Å². The van der Waals surface area contributed by atoms with E-state index in [1.54, 1.807) is 4.90 Å². The lowest BCUT2D eigenvalue weighted by Gasteiger charge is -2.27. The second-order valence-electron chi connectivity index (χ2n) is 4.96. The van der Waals surface area contributed by atoms with E-state index < -0.39 is 5.97 Å². The maximum Gasteiger partial charge on any atom is 0.318 e. The third-order valence-corrected chi connectivity index (χ3v) is 3.69. The summed E-state index contributed by atoms with van der Waals surface area (Å²) in [5.74, 6) is 1.93. The van der Waals surface area contributed by atoms with E-state index in [0.29, 0.717) is 38.4 Å². The molecule has 1 rings (SSSR count). The smallest absolute Gasteiger partial charge is 0.318 e. The maximum absolute atomic E-state index is 11.8. The second-order valence-corrected chi connectivity index (χ2v) is 4.96. The van der Waals surface area contributed by atoms with Gasteiger partial charge in [-0.2, -0.15) is 0 Å². The van der Waals surface area contributed by atoms with Crippen molar-refractivity contribution in [1.29, 1.82) is 0 Å². The maximum atomic E-state index is 11.8. The Morgan fingerprint density at radius 2 is 2.00 bits per heavy atom. The summed E-state index contributed by atoms with van der Waals surface area (Å²) < 4.78 is 0. The van der Waals surface area contributed by atoms with Crippen molar-refractivity contribution in [3.05, 3.63) is 0 Å². The Labute approximate surface area is 114 Å². The summed E-state index contributed by atoms with van der Waals surface area (Å²) in [4.78, 5) is 24.2. The summed E-state index contributed by atoms with van der Waals surface area (Å²) in [5.41, 5.74) is 0. The van der Waals surface area contributed by atoms with Crippen molar-refractivity contribution in [3.8, 4) is 12.3 Å². The number of amides is 2. The SMILES string of the molecule is C#CCN(CC)C(=O)NCC1CCC(C(=O)O)CC1. The molecule has 2 N–H and O–H groups in total. The van der Waals surface area contributed by atoms with Gasteiger partial charge in [0.15, 0.2) is 0 Å². The number of hydrogen-bond donors (Lipinski definition) is 2. The molecule has 0 bridgehead atoms. The molecule has 1 fully saturated rings. The zero-order chi connectivity index (χ0) is 14.3. The molecule has 0 aromatic carbocycles. The molecule has 0 radical (unpaired) electrons. The first kappa shape index (κ1) is 15.4. The molecule has 2 amide bonds. The first-order chi connectivity index (χ1) is 9.08. The van der Waals surface area contributed by atoms with Crippen LogP contribution in [0.2, 0.25) is 0 Å². The van der Waals surface area contributed by atoms with E-state index >= 15 is 0 Å². The summed E-state index contributed by atoms with van der Waals surface area (Å²) in [6, 6.07) is -0.138. The zero-order valence-electron chi connectivity index (χ0n) is 11.4. The number of terminal acetylenes is 1. The van der Waals surface area contributed by atoms with Crippen LogP contribution in [0.3, 0.4) is 0 Å². The van der Waals surface area contributed by atoms with Gasteiger partial charge in [0, 0.05) is 13.1 Å². The minimum atomic E-state index is -0.700. The van der Waals surface area contributed by atoms with Crippen LogP contribution in [0.25, 0.3) is 0 Å². The van der Waals surface area contributed by atoms with Crippen LogP contribution in [0.5, 0.6) is 0 Å². The number of urea groups is 1. The molecule has 1 saturated carbocycles. The van der Waals surface area contributed by atoms with Crippen LogP contribution in [0.1, 0.15) is 32.6 Å². The van der Waals surface area contributed by atoms with Gasteiger partial charge in [-0.1, -0.05) is 5.92 Å². The predicted molar refractivity (Wildman–Crippen MR) is 72.6 cm³/mol. The molecule has 0 unspecified atom stereocenters. The van der Waals surface area contributed by atoms with Gasteiger partial charge in [0.1, 0.15) is 0 Å². The summed E-state index contributed by atoms with van der Waals surface area (Å²) in [6.45, 7) is 3.39. The number of carboxylic acids is 1. The van der Waals surface area contributed by atoms with Gasteiger partial charge in [0.2, 0.25) is 0 Å². The van der Waals surface area contributed by atoms with Gasteiger partial charge in [0.05, 0.1) is 12.5 Å². The van der Waals surface area contributed by atoms with E-state index in [1.165, 1.54) is 0 Å². The van der Waals surface area contributed by atoms with E-state index in [1.807, 2.05) is 6.92 Å². The average Bonchev–Trinajstić information content (AvgIpc) is 2.42. The minimum absolute atomic E-state index is 0.138. The van der Waals surface area contributed by atoms with Crippen molar-refractivity contribution in [2.24, 2.45) is 11.8 Å². The number of nitrogens with one attached hydrogen (secondary N) is 1. The second kappa shape index (κ2) is 7.67. The first-order valence-electron chi connectivity index (χ1n) is 6.77. The molecule has 0 atom stereocenters. The quantitative estimate of drug-likeness (QED) is 0.742. The van der Waals surface area contributed by atoms with Crippen LogP contribution in [-0.4, -0.2) is 41.6 Å². The number of nitrogens with zero attached hydrogens (tertiary/aromatic N) is 1. The highest BCUT2D eigenvalue weighted by molar-refractivity contribution is 5.74. The van der Waals surface area contributed by atoms with Gasteiger partial charge in [-0.05, 0) is 38.5 Å². The molecule has 5 heteroatoms. The van der Waals surface area contributed by atoms with Crippen molar-refractivity contribution >= 4 is 12.0 Å². The van der Waals surface area contributed by atoms with Crippen molar-refractivity contribution in [2.75, 3.05) is 19.6 Å². The fourth-order valence-electron chi connectivity index (χ4n) is 2.39. The number of hydrogen-bond acceptors (Lipinski definition) is 2. The fourth-order valence-corrected chi connectivity index (χ4v) is 2.39. The van der Waals surface area contributed by atoms with Crippen molar-refractivity contribution in [3.63, 3.8) is 0 Å². The number of carbonyl (C=O) groups excluding carboxylic acids is 1. The summed E-state index contributed by atoms with van der Waals surface area (Å²) in [5, 5.41) is 11.8. The highest BCUT2D eigenvalue weighted by atomic mass is 16.4. The zero-order valence-corrected chi connectivity index (χ0v) is 11.4. The monoisotopic (exact) mass is 266 g/mol. The van der Waals surface area contributed by atoms with Crippen molar-refractivity contribution in [1.82, 2.24) is 10.2 Å². The van der Waals surface area contributed by atoms with Gasteiger partial charge < -0.3 is 15.3 Å². The molecule has 106 valence electrons. The highest BCUT2D eigenvalue weighted by Gasteiger charge is 2.26. The van der Waals surface area contributed by atoms with Crippen LogP contribution in [0.15, 0.2) is 0 Å². The van der Waals surface area contributed by atoms with Crippen LogP contribution < -0.4 is 5.32 Å². The van der Waals surface area contributed by atoms with E-state index in [0.717, 1.165) is 12.8 Å². The van der Waals surface area contributed by atoms with E-state index in [2.05, 4.69) is 11.2 Å². The predicted octanol–water partition coefficient (Wildman–Crippen LogP) is 1.54. The first-order valence-corrected chi connectivity index (χ1v) is 6.77. The standard InChI is InChI=1S/C14H22N2O3/c1-3-9-16(4-2)14(19)15-10-11-5-7-12(8-6-11)13(17)18/h1,11-12H,4-10H2,2H3,(H,15,19)(H,17,18). The lowest BCUT2D eigenvalue weighted by molar-refractivity contribution is -0.143. The van der Waals surface area contributed by atoms with Gasteiger partial charge >= 0.3 is 12.0 Å². The molecule has 0 spiro atoms. The number of rotatable bonds is 5. The van der Waals surface area contributed by atoms with Gasteiger partial charge in [-0.25, -0.2) is 4.79 Å². The molecule has 0 aromatic heterocycles. The molecule has 0 heterocycles. The Hall–Kier alpha value is -1.70. The lowest BCUT2D eigenvalue weighted by atomic mass is 9.82. The lowest BCUT2D eigenvalue weighted by Crippen LogP contribution is -2.42. The Balaban J connectivity index is 2.28. The molecular formula is C14H22N2O3. The molecule has 1 aliphatic carbocycles. The van der Waals surface area contributed by atoms with Crippen LogP contribution in [0.4, 0.5) is 4.79 Å². The minimum Gasteiger partial charge on any atom is -0.481 e. The Morgan fingerprint density at radius 3 is 2.47 bits per heavy atom. The van der Waals surface area contributed by atoms with Crippen LogP contribution in [-0.2, 0) is 4.79 Å². The van der Waals surface area contributed by atoms with Crippen molar-refractivity contribution in [2.45, 2.75) is 32.6 Å². The Morgan fingerprint density at radius 1 is 1.37 bits per heavy atom. The number of aliphatic carboxylic acids is 1. The number of carboxylic acid groups (broad SMARTS) is 1. The normalized spacial score (nSPS) is 22.3. The fraction of sp³-hybridized carbons (Fsp3) is 0.714. The Bertz CT molecular complexity index is 354. The number of carbonyl (C=O) groups is 2.